The Hall–Kier alpha value is -1.05. The molecule has 1 fully saturated rings. The van der Waals surface area contributed by atoms with Crippen molar-refractivity contribution in [1.29, 1.82) is 0 Å². The number of hydrogen-bond acceptors (Lipinski definition) is 6. The van der Waals surface area contributed by atoms with E-state index in [-0.39, 0.29) is 0 Å². The van der Waals surface area contributed by atoms with Crippen molar-refractivity contribution in [2.24, 2.45) is 0 Å². The van der Waals surface area contributed by atoms with Gasteiger partial charge in [-0.1, -0.05) is 46.4 Å². The molecule has 118 valence electrons. The minimum atomic E-state index is -0.426. The smallest absolute Gasteiger partial charge is 0.138 e. The Kier molecular flexibility index (Phi) is 5.38. The van der Waals surface area contributed by atoms with Gasteiger partial charge in [0.15, 0.2) is 0 Å². The first-order valence-electron chi connectivity index (χ1n) is 7.37. The van der Waals surface area contributed by atoms with Gasteiger partial charge in [-0.2, -0.15) is 0 Å². The van der Waals surface area contributed by atoms with Crippen LogP contribution in [0.4, 0.5) is 0 Å². The van der Waals surface area contributed by atoms with Crippen LogP contribution in [-0.2, 0) is 6.54 Å². The summed E-state index contributed by atoms with van der Waals surface area (Å²) in [6, 6.07) is 9.83. The molecule has 0 amide bonds. The average molecular weight is 339 g/mol. The van der Waals surface area contributed by atoms with Crippen LogP contribution >= 0.6 is 23.1 Å². The van der Waals surface area contributed by atoms with Gasteiger partial charge in [0.05, 0.1) is 6.10 Å². The third kappa shape index (κ3) is 4.02. The van der Waals surface area contributed by atoms with Crippen LogP contribution in [0.25, 0.3) is 0 Å². The maximum absolute atomic E-state index is 10.3. The van der Waals surface area contributed by atoms with Crippen molar-refractivity contribution in [3.63, 3.8) is 0 Å². The van der Waals surface area contributed by atoms with E-state index >= 15 is 0 Å². The Labute approximate surface area is 139 Å². The van der Waals surface area contributed by atoms with Crippen LogP contribution in [-0.4, -0.2) is 57.2 Å². The van der Waals surface area contributed by atoms with Crippen LogP contribution in [0.3, 0.4) is 0 Å². The van der Waals surface area contributed by atoms with E-state index in [0.717, 1.165) is 44.0 Å². The van der Waals surface area contributed by atoms with Crippen molar-refractivity contribution in [2.75, 3.05) is 32.7 Å². The molecule has 0 spiro atoms. The lowest BCUT2D eigenvalue weighted by molar-refractivity contribution is 0.0697. The van der Waals surface area contributed by atoms with Gasteiger partial charge in [-0.3, -0.25) is 9.80 Å². The topological polar surface area (TPSA) is 52.5 Å². The van der Waals surface area contributed by atoms with Gasteiger partial charge in [-0.25, -0.2) is 0 Å². The van der Waals surface area contributed by atoms with Crippen molar-refractivity contribution in [3.05, 3.63) is 45.9 Å². The van der Waals surface area contributed by atoms with Crippen molar-refractivity contribution < 1.29 is 5.11 Å². The first kappa shape index (κ1) is 15.8. The molecule has 0 bridgehead atoms. The molecule has 2 heterocycles. The molecule has 7 heteroatoms. The summed E-state index contributed by atoms with van der Waals surface area (Å²) >= 11 is 7.28. The molecule has 1 aromatic carbocycles. The quantitative estimate of drug-likeness (QED) is 0.904. The minimum absolute atomic E-state index is 0.426. The van der Waals surface area contributed by atoms with E-state index in [2.05, 4.69) is 19.4 Å². The third-order valence-corrected chi connectivity index (χ3v) is 4.95. The molecule has 1 saturated heterocycles. The second kappa shape index (κ2) is 7.48. The lowest BCUT2D eigenvalue weighted by atomic mass is 10.1. The lowest BCUT2D eigenvalue weighted by Crippen LogP contribution is -2.47. The number of halogens is 1. The summed E-state index contributed by atoms with van der Waals surface area (Å²) in [6.07, 6.45) is -0.426. The Balaban J connectivity index is 1.47. The van der Waals surface area contributed by atoms with Crippen LogP contribution in [0, 0.1) is 0 Å². The third-order valence-electron chi connectivity index (χ3n) is 3.96. The zero-order valence-corrected chi connectivity index (χ0v) is 13.8. The summed E-state index contributed by atoms with van der Waals surface area (Å²) in [5.74, 6) is 0. The van der Waals surface area contributed by atoms with Crippen molar-refractivity contribution >= 4 is 23.1 Å². The number of aliphatic hydroxyl groups excluding tert-OH is 1. The number of piperazine rings is 1. The zero-order chi connectivity index (χ0) is 15.4. The second-order valence-electron chi connectivity index (χ2n) is 5.50. The summed E-state index contributed by atoms with van der Waals surface area (Å²) in [5.41, 5.74) is 1.84. The Bertz CT molecular complexity index is 586. The van der Waals surface area contributed by atoms with Crippen LogP contribution < -0.4 is 0 Å². The predicted octanol–water partition coefficient (Wildman–Crippen LogP) is 2.04. The summed E-state index contributed by atoms with van der Waals surface area (Å²) in [6.45, 7) is 5.23. The van der Waals surface area contributed by atoms with Gasteiger partial charge in [-0.15, -0.1) is 5.10 Å². The van der Waals surface area contributed by atoms with Crippen LogP contribution in [0.1, 0.15) is 17.4 Å². The van der Waals surface area contributed by atoms with Crippen molar-refractivity contribution in [3.8, 4) is 0 Å². The Morgan fingerprint density at radius 1 is 1.14 bits per heavy atom. The van der Waals surface area contributed by atoms with Crippen molar-refractivity contribution in [2.45, 2.75) is 12.6 Å². The van der Waals surface area contributed by atoms with E-state index in [1.54, 1.807) is 0 Å². The maximum atomic E-state index is 10.3. The first-order valence-corrected chi connectivity index (χ1v) is 8.52. The average Bonchev–Trinajstić information content (AvgIpc) is 2.95. The molecule has 0 aliphatic carbocycles. The summed E-state index contributed by atoms with van der Waals surface area (Å²) in [7, 11) is 0. The molecule has 3 rings (SSSR count). The van der Waals surface area contributed by atoms with E-state index in [1.807, 2.05) is 30.3 Å². The molecule has 1 aliphatic heterocycles. The molecule has 5 nitrogen and oxygen atoms in total. The molecule has 1 aromatic heterocycles. The Morgan fingerprint density at radius 3 is 2.45 bits per heavy atom. The number of hydrogen-bond donors (Lipinski definition) is 1. The fourth-order valence-corrected chi connectivity index (χ4v) is 3.27. The predicted molar refractivity (Wildman–Crippen MR) is 88.0 cm³/mol. The van der Waals surface area contributed by atoms with Gasteiger partial charge in [-0.05, 0) is 5.56 Å². The molecule has 1 aliphatic rings. The Morgan fingerprint density at radius 2 is 1.82 bits per heavy atom. The summed E-state index contributed by atoms with van der Waals surface area (Å²) in [4.78, 5) is 4.63. The maximum Gasteiger partial charge on any atom is 0.138 e. The number of benzene rings is 1. The van der Waals surface area contributed by atoms with E-state index in [4.69, 9.17) is 11.6 Å². The van der Waals surface area contributed by atoms with Crippen LogP contribution in [0.15, 0.2) is 30.3 Å². The fraction of sp³-hybridized carbons (Fsp3) is 0.467. The largest absolute Gasteiger partial charge is 0.387 e. The highest BCUT2D eigenvalue weighted by molar-refractivity contribution is 7.10. The SMILES string of the molecule is OC(CN1CCN(Cc2nnsc2Cl)CC1)c1ccccc1. The van der Waals surface area contributed by atoms with E-state index in [0.29, 0.717) is 10.9 Å². The molecule has 2 aromatic rings. The molecular formula is C15H19ClN4OS. The number of nitrogens with zero attached hydrogens (tertiary/aromatic N) is 4. The van der Waals surface area contributed by atoms with Gasteiger partial charge in [0.2, 0.25) is 0 Å². The molecule has 0 radical (unpaired) electrons. The summed E-state index contributed by atoms with van der Waals surface area (Å²) in [5, 5.41) is 14.4. The van der Waals surface area contributed by atoms with Gasteiger partial charge in [0.1, 0.15) is 10.0 Å². The molecule has 22 heavy (non-hydrogen) atoms. The lowest BCUT2D eigenvalue weighted by Gasteiger charge is -2.35. The van der Waals surface area contributed by atoms with Crippen LogP contribution in [0.2, 0.25) is 4.34 Å². The molecule has 1 atom stereocenters. The van der Waals surface area contributed by atoms with Crippen LogP contribution in [0.5, 0.6) is 0 Å². The number of aliphatic hydroxyl groups is 1. The highest BCUT2D eigenvalue weighted by Gasteiger charge is 2.21. The highest BCUT2D eigenvalue weighted by Crippen LogP contribution is 2.20. The summed E-state index contributed by atoms with van der Waals surface area (Å²) < 4.78 is 4.55. The molecule has 1 unspecified atom stereocenters. The molecular weight excluding hydrogens is 320 g/mol. The number of aromatic nitrogens is 2. The van der Waals surface area contributed by atoms with Gasteiger partial charge in [0.25, 0.3) is 0 Å². The van der Waals surface area contributed by atoms with E-state index < -0.39 is 6.10 Å². The normalized spacial score (nSPS) is 18.5. The zero-order valence-electron chi connectivity index (χ0n) is 12.2. The second-order valence-corrected chi connectivity index (χ2v) is 6.85. The standard InChI is InChI=1S/C15H19ClN4OS/c16-15-13(17-18-22-15)10-19-6-8-20(9-7-19)11-14(21)12-4-2-1-3-5-12/h1-5,14,21H,6-11H2. The molecule has 1 N–H and O–H groups in total. The van der Waals surface area contributed by atoms with E-state index in [1.165, 1.54) is 11.5 Å². The van der Waals surface area contributed by atoms with Gasteiger partial charge >= 0.3 is 0 Å². The number of rotatable bonds is 5. The van der Waals surface area contributed by atoms with Gasteiger partial charge < -0.3 is 5.11 Å². The van der Waals surface area contributed by atoms with E-state index in [9.17, 15) is 5.11 Å². The van der Waals surface area contributed by atoms with Gasteiger partial charge in [0, 0.05) is 50.8 Å². The number of β-amino-alcohol motifs (C(OH)–C–C–N with tert-alkyl or cyclic N) is 1. The monoisotopic (exact) mass is 338 g/mol. The first-order chi connectivity index (χ1) is 10.7. The highest BCUT2D eigenvalue weighted by atomic mass is 35.5. The molecule has 0 saturated carbocycles. The fourth-order valence-electron chi connectivity index (χ4n) is 2.66. The minimum Gasteiger partial charge on any atom is -0.387 e. The van der Waals surface area contributed by atoms with Crippen molar-refractivity contribution in [1.82, 2.24) is 19.4 Å².